The molecular weight excluding hydrogens is 126 g/mol. The molecule has 10 heavy (non-hydrogen) atoms. The van der Waals surface area contributed by atoms with E-state index in [1.165, 1.54) is 6.20 Å². The molecule has 0 aromatic carbocycles. The third-order valence-corrected chi connectivity index (χ3v) is 1.18. The molecule has 0 aliphatic carbocycles. The minimum absolute atomic E-state index is 0.372. The van der Waals surface area contributed by atoms with E-state index in [-0.39, 0.29) is 0 Å². The maximum absolute atomic E-state index is 8.35. The van der Waals surface area contributed by atoms with Crippen LogP contribution in [0.4, 0.5) is 0 Å². The number of nitrogens with zero attached hydrogens (tertiary/aromatic N) is 3. The largest absolute Gasteiger partial charge is 0.257 e. The lowest BCUT2D eigenvalue weighted by molar-refractivity contribution is 0.991. The summed E-state index contributed by atoms with van der Waals surface area (Å²) in [6.07, 6.45) is 3.97. The smallest absolute Gasteiger partial charge is 0.158 e. The van der Waals surface area contributed by atoms with Gasteiger partial charge in [0.25, 0.3) is 0 Å². The zero-order valence-electron chi connectivity index (χ0n) is 5.70. The second-order valence-corrected chi connectivity index (χ2v) is 1.86. The van der Waals surface area contributed by atoms with Gasteiger partial charge in [0, 0.05) is 6.20 Å². The van der Waals surface area contributed by atoms with Gasteiger partial charge >= 0.3 is 0 Å². The summed E-state index contributed by atoms with van der Waals surface area (Å²) in [5.41, 5.74) is 1.29. The molecule has 3 heteroatoms. The molecule has 1 rings (SSSR count). The first kappa shape index (κ1) is 6.69. The third kappa shape index (κ3) is 1.29. The van der Waals surface area contributed by atoms with Gasteiger partial charge in [0.05, 0.1) is 11.9 Å². The number of hydrogen-bond donors (Lipinski definition) is 0. The Labute approximate surface area is 59.4 Å². The summed E-state index contributed by atoms with van der Waals surface area (Å²) in [6, 6.07) is 1.90. The summed E-state index contributed by atoms with van der Waals surface area (Å²) in [5.74, 6) is 0. The van der Waals surface area contributed by atoms with Crippen molar-refractivity contribution in [2.24, 2.45) is 0 Å². The van der Waals surface area contributed by atoms with Crippen molar-refractivity contribution in [2.45, 2.75) is 13.3 Å². The van der Waals surface area contributed by atoms with Gasteiger partial charge in [-0.25, -0.2) is 4.98 Å². The summed E-state index contributed by atoms with van der Waals surface area (Å²) in [6.45, 7) is 2.00. The van der Waals surface area contributed by atoms with E-state index in [2.05, 4.69) is 9.97 Å². The minimum atomic E-state index is 0.372. The van der Waals surface area contributed by atoms with E-state index in [0.717, 1.165) is 12.1 Å². The van der Waals surface area contributed by atoms with Crippen LogP contribution in [0.3, 0.4) is 0 Å². The molecule has 0 atom stereocenters. The van der Waals surface area contributed by atoms with Gasteiger partial charge in [-0.2, -0.15) is 5.26 Å². The lowest BCUT2D eigenvalue weighted by Gasteiger charge is -1.91. The van der Waals surface area contributed by atoms with Crippen molar-refractivity contribution in [1.29, 1.82) is 5.26 Å². The Bertz CT molecular complexity index is 245. The Kier molecular flexibility index (Phi) is 1.96. The molecule has 0 aliphatic rings. The quantitative estimate of drug-likeness (QED) is 0.572. The molecular formula is C7H7N3. The monoisotopic (exact) mass is 133 g/mol. The number of rotatable bonds is 1. The highest BCUT2D eigenvalue weighted by Gasteiger charge is 1.91. The molecule has 1 aromatic heterocycles. The average Bonchev–Trinajstić information content (AvgIpc) is 2.05. The van der Waals surface area contributed by atoms with Gasteiger partial charge in [0.1, 0.15) is 6.07 Å². The highest BCUT2D eigenvalue weighted by Crippen LogP contribution is 1.93. The fourth-order valence-corrected chi connectivity index (χ4v) is 0.595. The van der Waals surface area contributed by atoms with E-state index in [1.807, 2.05) is 13.0 Å². The summed E-state index contributed by atoms with van der Waals surface area (Å²) in [5, 5.41) is 8.35. The first-order valence-electron chi connectivity index (χ1n) is 3.08. The van der Waals surface area contributed by atoms with Gasteiger partial charge in [-0.1, -0.05) is 6.92 Å². The summed E-state index contributed by atoms with van der Waals surface area (Å²) >= 11 is 0. The second kappa shape index (κ2) is 2.92. The molecule has 0 N–H and O–H groups in total. The van der Waals surface area contributed by atoms with Crippen molar-refractivity contribution in [1.82, 2.24) is 9.97 Å². The standard InChI is InChI=1S/C7H7N3/c1-2-6-4-10-7(3-8)5-9-6/h4-5H,2H2,1H3. The van der Waals surface area contributed by atoms with Crippen LogP contribution in [0.2, 0.25) is 0 Å². The maximum atomic E-state index is 8.35. The molecule has 0 bridgehead atoms. The van der Waals surface area contributed by atoms with Gasteiger partial charge in [-0.3, -0.25) is 4.98 Å². The number of hydrogen-bond acceptors (Lipinski definition) is 3. The van der Waals surface area contributed by atoms with Crippen LogP contribution in [0.1, 0.15) is 18.3 Å². The Morgan fingerprint density at radius 2 is 2.30 bits per heavy atom. The van der Waals surface area contributed by atoms with E-state index < -0.39 is 0 Å². The van der Waals surface area contributed by atoms with Crippen molar-refractivity contribution >= 4 is 0 Å². The van der Waals surface area contributed by atoms with Crippen LogP contribution >= 0.6 is 0 Å². The van der Waals surface area contributed by atoms with Crippen LogP contribution in [-0.4, -0.2) is 9.97 Å². The van der Waals surface area contributed by atoms with Crippen LogP contribution in [0.25, 0.3) is 0 Å². The van der Waals surface area contributed by atoms with Crippen LogP contribution in [-0.2, 0) is 6.42 Å². The van der Waals surface area contributed by atoms with Crippen molar-refractivity contribution in [3.8, 4) is 6.07 Å². The molecule has 0 amide bonds. The van der Waals surface area contributed by atoms with E-state index >= 15 is 0 Å². The topological polar surface area (TPSA) is 49.6 Å². The van der Waals surface area contributed by atoms with Crippen molar-refractivity contribution < 1.29 is 0 Å². The fourth-order valence-electron chi connectivity index (χ4n) is 0.595. The predicted molar refractivity (Wildman–Crippen MR) is 36.1 cm³/mol. The van der Waals surface area contributed by atoms with Crippen molar-refractivity contribution in [3.63, 3.8) is 0 Å². The van der Waals surface area contributed by atoms with E-state index in [9.17, 15) is 0 Å². The zero-order valence-corrected chi connectivity index (χ0v) is 5.70. The molecule has 0 aliphatic heterocycles. The lowest BCUT2D eigenvalue weighted by atomic mass is 10.3. The Hall–Kier alpha value is -1.43. The zero-order chi connectivity index (χ0) is 7.40. The van der Waals surface area contributed by atoms with Crippen LogP contribution in [0.15, 0.2) is 12.4 Å². The first-order valence-corrected chi connectivity index (χ1v) is 3.08. The van der Waals surface area contributed by atoms with Crippen molar-refractivity contribution in [2.75, 3.05) is 0 Å². The molecule has 0 saturated heterocycles. The van der Waals surface area contributed by atoms with E-state index in [1.54, 1.807) is 6.20 Å². The molecule has 0 radical (unpaired) electrons. The maximum Gasteiger partial charge on any atom is 0.158 e. The van der Waals surface area contributed by atoms with Crippen LogP contribution in [0, 0.1) is 11.3 Å². The molecule has 0 saturated carbocycles. The fraction of sp³-hybridized carbons (Fsp3) is 0.286. The van der Waals surface area contributed by atoms with E-state index in [0.29, 0.717) is 5.69 Å². The number of aryl methyl sites for hydroxylation is 1. The molecule has 50 valence electrons. The van der Waals surface area contributed by atoms with Gasteiger partial charge in [0.2, 0.25) is 0 Å². The van der Waals surface area contributed by atoms with Gasteiger partial charge in [0.15, 0.2) is 5.69 Å². The van der Waals surface area contributed by atoms with Crippen LogP contribution < -0.4 is 0 Å². The van der Waals surface area contributed by atoms with E-state index in [4.69, 9.17) is 5.26 Å². The number of aromatic nitrogens is 2. The van der Waals surface area contributed by atoms with Crippen LogP contribution in [0.5, 0.6) is 0 Å². The van der Waals surface area contributed by atoms with Gasteiger partial charge in [-0.15, -0.1) is 0 Å². The lowest BCUT2D eigenvalue weighted by Crippen LogP contribution is -1.90. The molecule has 0 spiro atoms. The molecule has 3 nitrogen and oxygen atoms in total. The summed E-state index contributed by atoms with van der Waals surface area (Å²) in [4.78, 5) is 7.83. The summed E-state index contributed by atoms with van der Waals surface area (Å²) in [7, 11) is 0. The first-order chi connectivity index (χ1) is 4.86. The molecule has 1 aromatic rings. The normalized spacial score (nSPS) is 8.80. The average molecular weight is 133 g/mol. The highest BCUT2D eigenvalue weighted by atomic mass is 14.8. The highest BCUT2D eigenvalue weighted by molar-refractivity contribution is 5.16. The predicted octanol–water partition coefficient (Wildman–Crippen LogP) is 0.911. The van der Waals surface area contributed by atoms with Gasteiger partial charge < -0.3 is 0 Å². The Morgan fingerprint density at radius 3 is 2.70 bits per heavy atom. The van der Waals surface area contributed by atoms with Gasteiger partial charge in [-0.05, 0) is 6.42 Å². The molecule has 0 fully saturated rings. The number of nitriles is 1. The third-order valence-electron chi connectivity index (χ3n) is 1.18. The van der Waals surface area contributed by atoms with Crippen molar-refractivity contribution in [3.05, 3.63) is 23.8 Å². The molecule has 0 unspecified atom stereocenters. The second-order valence-electron chi connectivity index (χ2n) is 1.86. The Morgan fingerprint density at radius 1 is 1.50 bits per heavy atom. The Balaban J connectivity index is 2.93. The minimum Gasteiger partial charge on any atom is -0.257 e. The summed E-state index contributed by atoms with van der Waals surface area (Å²) < 4.78 is 0. The molecule has 1 heterocycles. The SMILES string of the molecule is CCc1cnc(C#N)cn1.